The molecule has 0 saturated heterocycles. The normalized spacial score (nSPS) is 12.5. The van der Waals surface area contributed by atoms with Crippen LogP contribution in [-0.2, 0) is 6.42 Å². The van der Waals surface area contributed by atoms with E-state index < -0.39 is 11.8 Å². The van der Waals surface area contributed by atoms with E-state index in [-0.39, 0.29) is 11.6 Å². The summed E-state index contributed by atoms with van der Waals surface area (Å²) in [6.07, 6.45) is 0.340. The van der Waals surface area contributed by atoms with Crippen molar-refractivity contribution in [2.45, 2.75) is 19.4 Å². The molecule has 0 unspecified atom stereocenters. The molecule has 0 radical (unpaired) electrons. The summed E-state index contributed by atoms with van der Waals surface area (Å²) in [5, 5.41) is 8.68. The highest BCUT2D eigenvalue weighted by Gasteiger charge is 2.09. The molecule has 0 aliphatic heterocycles. The van der Waals surface area contributed by atoms with Crippen molar-refractivity contribution in [3.05, 3.63) is 35.1 Å². The topological polar surface area (TPSA) is 63.3 Å². The van der Waals surface area contributed by atoms with Crippen molar-refractivity contribution < 1.29 is 14.3 Å². The number of carboxylic acids is 1. The Labute approximate surface area is 81.4 Å². The van der Waals surface area contributed by atoms with Gasteiger partial charge in [-0.3, -0.25) is 0 Å². The number of halogens is 1. The molecule has 0 aliphatic rings. The molecule has 0 amide bonds. The number of carboxylic acid groups (broad SMARTS) is 1. The highest BCUT2D eigenvalue weighted by atomic mass is 19.1. The van der Waals surface area contributed by atoms with Crippen LogP contribution in [0.5, 0.6) is 0 Å². The van der Waals surface area contributed by atoms with Crippen LogP contribution in [0.25, 0.3) is 0 Å². The van der Waals surface area contributed by atoms with Gasteiger partial charge in [0, 0.05) is 6.04 Å². The number of hydrogen-bond acceptors (Lipinski definition) is 2. The maximum Gasteiger partial charge on any atom is 0.335 e. The van der Waals surface area contributed by atoms with Crippen molar-refractivity contribution in [2.75, 3.05) is 0 Å². The van der Waals surface area contributed by atoms with Gasteiger partial charge in [0.15, 0.2) is 0 Å². The largest absolute Gasteiger partial charge is 0.478 e. The van der Waals surface area contributed by atoms with Crippen LogP contribution in [0.2, 0.25) is 0 Å². The molecule has 0 fully saturated rings. The molecule has 3 N–H and O–H groups in total. The van der Waals surface area contributed by atoms with E-state index in [9.17, 15) is 9.18 Å². The molecule has 0 saturated carbocycles. The first-order valence-electron chi connectivity index (χ1n) is 4.28. The lowest BCUT2D eigenvalue weighted by molar-refractivity contribution is 0.0696. The van der Waals surface area contributed by atoms with Crippen LogP contribution in [0, 0.1) is 5.82 Å². The second kappa shape index (κ2) is 4.19. The maximum absolute atomic E-state index is 13.1. The van der Waals surface area contributed by atoms with Crippen molar-refractivity contribution in [1.29, 1.82) is 0 Å². The first-order chi connectivity index (χ1) is 6.50. The van der Waals surface area contributed by atoms with Gasteiger partial charge < -0.3 is 10.8 Å². The molecular weight excluding hydrogens is 185 g/mol. The van der Waals surface area contributed by atoms with E-state index in [1.807, 2.05) is 0 Å². The van der Waals surface area contributed by atoms with Crippen molar-refractivity contribution in [3.63, 3.8) is 0 Å². The lowest BCUT2D eigenvalue weighted by Gasteiger charge is -2.07. The SMILES string of the molecule is C[C@H](N)Cc1cc(C(=O)O)ccc1F. The number of benzene rings is 1. The predicted octanol–water partition coefficient (Wildman–Crippen LogP) is 1.41. The average molecular weight is 197 g/mol. The number of carbonyl (C=O) groups is 1. The molecule has 0 aromatic heterocycles. The number of rotatable bonds is 3. The number of aromatic carboxylic acids is 1. The standard InChI is InChI=1S/C10H12FNO2/c1-6(12)4-8-5-7(10(13)14)2-3-9(8)11/h2-3,5-6H,4,12H2,1H3,(H,13,14)/t6-/m0/s1. The van der Waals surface area contributed by atoms with Gasteiger partial charge >= 0.3 is 5.97 Å². The molecule has 1 rings (SSSR count). The number of hydrogen-bond donors (Lipinski definition) is 2. The van der Waals surface area contributed by atoms with Gasteiger partial charge in [-0.2, -0.15) is 0 Å². The van der Waals surface area contributed by atoms with Crippen LogP contribution < -0.4 is 5.73 Å². The van der Waals surface area contributed by atoms with Crippen LogP contribution in [0.15, 0.2) is 18.2 Å². The minimum absolute atomic E-state index is 0.0852. The molecular formula is C10H12FNO2. The second-order valence-electron chi connectivity index (χ2n) is 3.29. The van der Waals surface area contributed by atoms with Crippen LogP contribution in [-0.4, -0.2) is 17.1 Å². The van der Waals surface area contributed by atoms with E-state index in [0.29, 0.717) is 12.0 Å². The van der Waals surface area contributed by atoms with Gasteiger partial charge in [-0.1, -0.05) is 0 Å². The zero-order valence-corrected chi connectivity index (χ0v) is 7.83. The quantitative estimate of drug-likeness (QED) is 0.770. The third kappa shape index (κ3) is 2.53. The average Bonchev–Trinajstić information content (AvgIpc) is 2.07. The Morgan fingerprint density at radius 2 is 2.29 bits per heavy atom. The Morgan fingerprint density at radius 3 is 2.79 bits per heavy atom. The van der Waals surface area contributed by atoms with Gasteiger partial charge in [-0.05, 0) is 37.1 Å². The Bertz CT molecular complexity index is 350. The van der Waals surface area contributed by atoms with Gasteiger partial charge in [0.2, 0.25) is 0 Å². The van der Waals surface area contributed by atoms with E-state index in [1.165, 1.54) is 12.1 Å². The lowest BCUT2D eigenvalue weighted by Crippen LogP contribution is -2.18. The smallest absolute Gasteiger partial charge is 0.335 e. The minimum atomic E-state index is -1.06. The van der Waals surface area contributed by atoms with Crippen molar-refractivity contribution in [2.24, 2.45) is 5.73 Å². The first-order valence-corrected chi connectivity index (χ1v) is 4.28. The second-order valence-corrected chi connectivity index (χ2v) is 3.29. The summed E-state index contributed by atoms with van der Waals surface area (Å²) in [6, 6.07) is 3.53. The van der Waals surface area contributed by atoms with Crippen molar-refractivity contribution >= 4 is 5.97 Å². The zero-order valence-electron chi connectivity index (χ0n) is 7.83. The van der Waals surface area contributed by atoms with Crippen LogP contribution in [0.4, 0.5) is 4.39 Å². The van der Waals surface area contributed by atoms with Gasteiger partial charge in [-0.25, -0.2) is 9.18 Å². The molecule has 0 spiro atoms. The van der Waals surface area contributed by atoms with E-state index in [1.54, 1.807) is 6.92 Å². The number of nitrogens with two attached hydrogens (primary N) is 1. The summed E-state index contributed by atoms with van der Waals surface area (Å²) in [4.78, 5) is 10.6. The lowest BCUT2D eigenvalue weighted by atomic mass is 10.0. The van der Waals surface area contributed by atoms with Gasteiger partial charge in [0.1, 0.15) is 5.82 Å². The fraction of sp³-hybridized carbons (Fsp3) is 0.300. The Morgan fingerprint density at radius 1 is 1.64 bits per heavy atom. The van der Waals surface area contributed by atoms with E-state index >= 15 is 0 Å². The van der Waals surface area contributed by atoms with Crippen LogP contribution >= 0.6 is 0 Å². The van der Waals surface area contributed by atoms with Crippen LogP contribution in [0.1, 0.15) is 22.8 Å². The molecule has 1 aromatic carbocycles. The molecule has 76 valence electrons. The van der Waals surface area contributed by atoms with E-state index in [0.717, 1.165) is 6.07 Å². The molecule has 3 nitrogen and oxygen atoms in total. The molecule has 0 aliphatic carbocycles. The maximum atomic E-state index is 13.1. The van der Waals surface area contributed by atoms with E-state index in [2.05, 4.69) is 0 Å². The van der Waals surface area contributed by atoms with Gasteiger partial charge in [0.05, 0.1) is 5.56 Å². The Hall–Kier alpha value is -1.42. The molecule has 14 heavy (non-hydrogen) atoms. The van der Waals surface area contributed by atoms with Gasteiger partial charge in [-0.15, -0.1) is 0 Å². The van der Waals surface area contributed by atoms with E-state index in [4.69, 9.17) is 10.8 Å². The first kappa shape index (κ1) is 10.7. The van der Waals surface area contributed by atoms with Crippen molar-refractivity contribution in [1.82, 2.24) is 0 Å². The summed E-state index contributed by atoms with van der Waals surface area (Å²) in [5.74, 6) is -1.47. The van der Waals surface area contributed by atoms with Crippen LogP contribution in [0.3, 0.4) is 0 Å². The summed E-state index contributed by atoms with van der Waals surface area (Å²) < 4.78 is 13.1. The molecule has 1 aromatic rings. The summed E-state index contributed by atoms with van der Waals surface area (Å²) in [7, 11) is 0. The van der Waals surface area contributed by atoms with Gasteiger partial charge in [0.25, 0.3) is 0 Å². The molecule has 4 heteroatoms. The van der Waals surface area contributed by atoms with Crippen molar-refractivity contribution in [3.8, 4) is 0 Å². The molecule has 0 heterocycles. The zero-order chi connectivity index (χ0) is 10.7. The Balaban J connectivity index is 3.02. The Kier molecular flexibility index (Phi) is 3.19. The third-order valence-corrected chi connectivity index (χ3v) is 1.83. The highest BCUT2D eigenvalue weighted by molar-refractivity contribution is 5.87. The predicted molar refractivity (Wildman–Crippen MR) is 50.7 cm³/mol. The molecule has 1 atom stereocenters. The molecule has 0 bridgehead atoms. The summed E-state index contributed by atoms with van der Waals surface area (Å²) in [6.45, 7) is 1.74. The monoisotopic (exact) mass is 197 g/mol. The highest BCUT2D eigenvalue weighted by Crippen LogP contribution is 2.12. The third-order valence-electron chi connectivity index (χ3n) is 1.83. The fourth-order valence-electron chi connectivity index (χ4n) is 1.21. The fourth-order valence-corrected chi connectivity index (χ4v) is 1.21. The summed E-state index contributed by atoms with van der Waals surface area (Å²) >= 11 is 0. The minimum Gasteiger partial charge on any atom is -0.478 e. The summed E-state index contributed by atoms with van der Waals surface area (Å²) in [5.41, 5.74) is 5.94.